The van der Waals surface area contributed by atoms with Crippen LogP contribution in [0.3, 0.4) is 0 Å². The second-order valence-electron chi connectivity index (χ2n) is 3.83. The van der Waals surface area contributed by atoms with Crippen molar-refractivity contribution in [3.05, 3.63) is 60.2 Å². The summed E-state index contributed by atoms with van der Waals surface area (Å²) in [5.74, 6) is -0.00982. The Morgan fingerprint density at radius 3 is 2.11 bits per heavy atom. The van der Waals surface area contributed by atoms with Gasteiger partial charge in [0.15, 0.2) is 0 Å². The van der Waals surface area contributed by atoms with Gasteiger partial charge in [-0.3, -0.25) is 0 Å². The first kappa shape index (κ1) is 13.6. The van der Waals surface area contributed by atoms with E-state index in [2.05, 4.69) is 0 Å². The molecule has 0 fully saturated rings. The van der Waals surface area contributed by atoms with E-state index in [0.29, 0.717) is 5.56 Å². The molecule has 0 atom stereocenters. The quantitative estimate of drug-likeness (QED) is 0.617. The van der Waals surface area contributed by atoms with Crippen molar-refractivity contribution in [3.63, 3.8) is 0 Å². The van der Waals surface area contributed by atoms with Crippen LogP contribution in [-0.2, 0) is 0 Å². The molecule has 0 bridgehead atoms. The van der Waals surface area contributed by atoms with Crippen LogP contribution in [0.25, 0.3) is 0 Å². The fraction of sp³-hybridized carbons (Fsp3) is 0.0714. The topological polar surface area (TPSA) is 17.1 Å². The van der Waals surface area contributed by atoms with E-state index in [-0.39, 0.29) is 5.78 Å². The van der Waals surface area contributed by atoms with Crippen LogP contribution in [0, 0.1) is 0 Å². The van der Waals surface area contributed by atoms with E-state index in [1.807, 2.05) is 48.5 Å². The fourth-order valence-electron chi connectivity index (χ4n) is 1.70. The van der Waals surface area contributed by atoms with Gasteiger partial charge in [0.05, 0.1) is 0 Å². The number of halogens is 2. The van der Waals surface area contributed by atoms with Crippen LogP contribution >= 0.6 is 20.2 Å². The Kier molecular flexibility index (Phi) is 4.14. The van der Waals surface area contributed by atoms with E-state index in [1.165, 1.54) is 6.92 Å². The van der Waals surface area contributed by atoms with E-state index in [0.717, 1.165) is 8.92 Å². The number of benzene rings is 2. The van der Waals surface area contributed by atoms with Crippen LogP contribution in [-0.4, -0.2) is 16.8 Å². The van der Waals surface area contributed by atoms with Gasteiger partial charge in [-0.1, -0.05) is 0 Å². The molecule has 0 radical (unpaired) electrons. The van der Waals surface area contributed by atoms with Crippen molar-refractivity contribution in [1.82, 2.24) is 0 Å². The molecule has 0 aliphatic heterocycles. The summed E-state index contributed by atoms with van der Waals surface area (Å²) in [4.78, 5) is 11.7. The van der Waals surface area contributed by atoms with Crippen LogP contribution in [0.2, 0.25) is 0 Å². The molecule has 18 heavy (non-hydrogen) atoms. The molecule has 2 aromatic carbocycles. The third-order valence-electron chi connectivity index (χ3n) is 2.58. The first-order valence-corrected chi connectivity index (χ1v) is 11.6. The Morgan fingerprint density at radius 2 is 1.50 bits per heavy atom. The molecule has 0 amide bonds. The molecule has 0 aliphatic carbocycles. The predicted molar refractivity (Wildman–Crippen MR) is 79.6 cm³/mol. The predicted octanol–water partition coefficient (Wildman–Crippen LogP) is 2.92. The molecular formula is C14H12Cl2OSe. The maximum absolute atomic E-state index is 11.7. The van der Waals surface area contributed by atoms with Gasteiger partial charge < -0.3 is 0 Å². The monoisotopic (exact) mass is 346 g/mol. The summed E-state index contributed by atoms with van der Waals surface area (Å²) >= 11 is -3.04. The minimum atomic E-state index is -3.04. The average molecular weight is 346 g/mol. The normalized spacial score (nSPS) is 12.2. The third kappa shape index (κ3) is 2.62. The number of hydrogen-bond acceptors (Lipinski definition) is 1. The van der Waals surface area contributed by atoms with E-state index >= 15 is 0 Å². The Balaban J connectivity index is 2.58. The van der Waals surface area contributed by atoms with E-state index in [9.17, 15) is 4.79 Å². The van der Waals surface area contributed by atoms with Gasteiger partial charge in [-0.05, 0) is 0 Å². The maximum atomic E-state index is 11.7. The zero-order valence-corrected chi connectivity index (χ0v) is 13.0. The number of Topliss-reactive ketones (excluding diaryl/α,β-unsaturated/α-hetero) is 1. The summed E-state index contributed by atoms with van der Waals surface area (Å²) in [5.41, 5.74) is 0.617. The van der Waals surface area contributed by atoms with Gasteiger partial charge in [0.2, 0.25) is 0 Å². The Morgan fingerprint density at radius 1 is 0.944 bits per heavy atom. The molecule has 0 saturated heterocycles. The molecule has 2 rings (SSSR count). The Labute approximate surface area is 117 Å². The van der Waals surface area contributed by atoms with Crippen molar-refractivity contribution in [3.8, 4) is 0 Å². The molecule has 0 N–H and O–H groups in total. The molecule has 1 nitrogen and oxygen atoms in total. The number of hydrogen-bond donors (Lipinski definition) is 0. The van der Waals surface area contributed by atoms with Gasteiger partial charge in [-0.2, -0.15) is 0 Å². The third-order valence-corrected chi connectivity index (χ3v) is 9.88. The van der Waals surface area contributed by atoms with Crippen molar-refractivity contribution < 1.29 is 4.79 Å². The summed E-state index contributed by atoms with van der Waals surface area (Å²) in [7, 11) is 13.2. The molecule has 0 heterocycles. The van der Waals surface area contributed by atoms with Crippen molar-refractivity contribution in [2.24, 2.45) is 0 Å². The van der Waals surface area contributed by atoms with Crippen LogP contribution < -0.4 is 8.92 Å². The molecule has 0 aromatic heterocycles. The molecule has 2 aromatic rings. The number of ketones is 1. The molecule has 0 aliphatic rings. The van der Waals surface area contributed by atoms with Crippen LogP contribution in [0.5, 0.6) is 0 Å². The number of rotatable bonds is 3. The van der Waals surface area contributed by atoms with Crippen molar-refractivity contribution in [1.29, 1.82) is 0 Å². The summed E-state index contributed by atoms with van der Waals surface area (Å²) in [5, 5.41) is 0. The SMILES string of the molecule is CC(=O)c1ccccc1[Se](Cl)(Cl)c1ccccc1. The minimum absolute atomic E-state index is 0.00982. The fourth-order valence-corrected chi connectivity index (χ4v) is 7.29. The van der Waals surface area contributed by atoms with Gasteiger partial charge in [0.25, 0.3) is 0 Å². The molecule has 0 spiro atoms. The second-order valence-corrected chi connectivity index (χ2v) is 13.3. The van der Waals surface area contributed by atoms with E-state index < -0.39 is 11.0 Å². The van der Waals surface area contributed by atoms with E-state index in [1.54, 1.807) is 6.07 Å². The Bertz CT molecular complexity index is 567. The first-order chi connectivity index (χ1) is 8.53. The number of carbonyl (C=O) groups is 1. The molecule has 0 unspecified atom stereocenters. The van der Waals surface area contributed by atoms with Gasteiger partial charge in [-0.15, -0.1) is 0 Å². The molecule has 94 valence electrons. The Hall–Kier alpha value is -0.791. The summed E-state index contributed by atoms with van der Waals surface area (Å²) < 4.78 is 1.68. The number of carbonyl (C=O) groups excluding carboxylic acids is 1. The first-order valence-electron chi connectivity index (χ1n) is 5.41. The molecule has 0 saturated carbocycles. The van der Waals surface area contributed by atoms with Crippen LogP contribution in [0.4, 0.5) is 0 Å². The van der Waals surface area contributed by atoms with Gasteiger partial charge in [0.1, 0.15) is 0 Å². The summed E-state index contributed by atoms with van der Waals surface area (Å²) in [6, 6.07) is 16.9. The summed E-state index contributed by atoms with van der Waals surface area (Å²) in [6.45, 7) is 1.53. The van der Waals surface area contributed by atoms with E-state index in [4.69, 9.17) is 20.2 Å². The summed E-state index contributed by atoms with van der Waals surface area (Å²) in [6.07, 6.45) is 0. The van der Waals surface area contributed by atoms with Crippen molar-refractivity contribution >= 4 is 45.9 Å². The van der Waals surface area contributed by atoms with Crippen LogP contribution in [0.15, 0.2) is 54.6 Å². The second kappa shape index (κ2) is 5.46. The average Bonchev–Trinajstić information content (AvgIpc) is 2.39. The zero-order valence-electron chi connectivity index (χ0n) is 9.77. The van der Waals surface area contributed by atoms with Crippen molar-refractivity contribution in [2.75, 3.05) is 0 Å². The van der Waals surface area contributed by atoms with Gasteiger partial charge in [0, 0.05) is 0 Å². The zero-order chi connectivity index (χ0) is 13.2. The molecular weight excluding hydrogens is 334 g/mol. The van der Waals surface area contributed by atoms with Crippen molar-refractivity contribution in [2.45, 2.75) is 6.92 Å². The van der Waals surface area contributed by atoms with Gasteiger partial charge >= 0.3 is 118 Å². The molecule has 4 heteroatoms. The standard InChI is InChI=1S/C14H12Cl2OSe/c1-11(17)13-9-5-6-10-14(13)18(15,16)12-7-3-2-4-8-12/h2-10H,1H3. The van der Waals surface area contributed by atoms with Crippen LogP contribution in [0.1, 0.15) is 17.3 Å². The van der Waals surface area contributed by atoms with Gasteiger partial charge in [-0.25, -0.2) is 0 Å².